The number of benzene rings is 3. The van der Waals surface area contributed by atoms with E-state index in [0.717, 1.165) is 6.92 Å². The van der Waals surface area contributed by atoms with Gasteiger partial charge in [-0.2, -0.15) is 0 Å². The number of alkyl carbamates (subject to hydrolysis) is 1. The third-order valence-corrected chi connectivity index (χ3v) is 11.0. The molecule has 0 unspecified atom stereocenters. The lowest BCUT2D eigenvalue weighted by atomic mass is 9.72. The van der Waals surface area contributed by atoms with E-state index in [1.807, 2.05) is 0 Å². The largest absolute Gasteiger partial charge is 0.507 e. The molecule has 1 aliphatic heterocycles. The van der Waals surface area contributed by atoms with E-state index in [-0.39, 0.29) is 47.6 Å². The van der Waals surface area contributed by atoms with E-state index in [1.165, 1.54) is 32.2 Å². The van der Waals surface area contributed by atoms with Crippen LogP contribution in [0.2, 0.25) is 0 Å². The predicted octanol–water partition coefficient (Wildman–Crippen LogP) is 1.71. The van der Waals surface area contributed by atoms with Crippen molar-refractivity contribution in [3.8, 4) is 17.2 Å². The number of methoxy groups -OCH3 is 1. The van der Waals surface area contributed by atoms with E-state index in [2.05, 4.69) is 16.0 Å². The zero-order valence-corrected chi connectivity index (χ0v) is 33.0. The minimum absolute atomic E-state index is 0.0673. The van der Waals surface area contributed by atoms with E-state index in [4.69, 9.17) is 30.4 Å². The summed E-state index contributed by atoms with van der Waals surface area (Å²) in [6.07, 6.45) is -6.15. The number of anilines is 1. The standard InChI is InChI=1S/C41H47N5O14/c1-18-33(48)25(46-40(55)58-17-20-9-11-21(12-10-20)45-38(53)24(42)7-5-13-44-39(43)54)14-28(59-18)60-27-16-41(56,19(2)47)15-23-30(27)37(52)32-31(35(23)50)34(49)22-6-4-8-26(57-3)29(22)36(32)51/h4,6,8-12,18,24-25,27-28,33,48,50,52,56H,5,7,13-17,42H2,1-3H3,(H,45,53)(H,46,55)(H3,43,44,54)/t18-,24-,25-,27-,28-,33+,41-/m0/s1. The number of aromatic hydroxyl groups is 2. The fourth-order valence-electron chi connectivity index (χ4n) is 7.69. The number of fused-ring (bicyclic) bond motifs is 3. The topological polar surface area (TPSA) is 308 Å². The number of ketones is 3. The second-order valence-electron chi connectivity index (χ2n) is 15.0. The number of nitrogens with one attached hydrogen (secondary N) is 3. The first-order valence-corrected chi connectivity index (χ1v) is 19.1. The Labute approximate surface area is 343 Å². The number of Topliss-reactive ketones (excluding diaryl/α,β-unsaturated/α-hetero) is 1. The van der Waals surface area contributed by atoms with E-state index < -0.39 is 113 Å². The van der Waals surface area contributed by atoms with Crippen LogP contribution >= 0.6 is 0 Å². The summed E-state index contributed by atoms with van der Waals surface area (Å²) < 4.78 is 22.9. The molecule has 0 saturated carbocycles. The minimum Gasteiger partial charge on any atom is -0.507 e. The number of hydrogen-bond acceptors (Lipinski definition) is 15. The Balaban J connectivity index is 1.14. The third kappa shape index (κ3) is 8.75. The van der Waals surface area contributed by atoms with Gasteiger partial charge in [0.05, 0.1) is 48.1 Å². The number of primary amides is 1. The number of nitrogens with two attached hydrogens (primary N) is 2. The Kier molecular flexibility index (Phi) is 12.8. The number of amides is 4. The maximum atomic E-state index is 13.9. The summed E-state index contributed by atoms with van der Waals surface area (Å²) in [5.74, 6) is -4.06. The average molecular weight is 834 g/mol. The Hall–Kier alpha value is -6.12. The molecule has 320 valence electrons. The van der Waals surface area contributed by atoms with Gasteiger partial charge in [0.1, 0.15) is 35.6 Å². The first-order valence-electron chi connectivity index (χ1n) is 19.1. The molecule has 1 fully saturated rings. The van der Waals surface area contributed by atoms with Crippen molar-refractivity contribution in [1.82, 2.24) is 10.6 Å². The summed E-state index contributed by atoms with van der Waals surface area (Å²) in [6.45, 7) is 2.75. The van der Waals surface area contributed by atoms with Gasteiger partial charge in [0.15, 0.2) is 17.9 Å². The van der Waals surface area contributed by atoms with Crippen LogP contribution < -0.4 is 32.2 Å². The van der Waals surface area contributed by atoms with Gasteiger partial charge in [0.25, 0.3) is 0 Å². The number of ether oxygens (including phenoxy) is 4. The van der Waals surface area contributed by atoms with Gasteiger partial charge in [-0.3, -0.25) is 19.2 Å². The zero-order valence-electron chi connectivity index (χ0n) is 33.0. The second kappa shape index (κ2) is 17.6. The van der Waals surface area contributed by atoms with Gasteiger partial charge in [0, 0.05) is 48.2 Å². The molecule has 1 heterocycles. The van der Waals surface area contributed by atoms with Gasteiger partial charge in [0.2, 0.25) is 11.7 Å². The first-order chi connectivity index (χ1) is 28.4. The smallest absolute Gasteiger partial charge is 0.407 e. The van der Waals surface area contributed by atoms with Gasteiger partial charge in [-0.1, -0.05) is 24.3 Å². The van der Waals surface area contributed by atoms with Crippen molar-refractivity contribution in [2.75, 3.05) is 19.0 Å². The number of aliphatic hydroxyl groups excluding tert-OH is 1. The molecule has 3 aromatic rings. The van der Waals surface area contributed by atoms with Gasteiger partial charge < -0.3 is 66.8 Å². The SMILES string of the molecule is COc1cccc2c1C(=O)c1c(O)c3c(c(O)c1C2=O)C[C@@](O)(C(C)=O)C[C@@H]3O[C@H]1C[C@H](NC(=O)OCc2ccc(NC(=O)[C@@H](N)CCCNC(N)=O)cc2)[C@H](O)[C@H](C)O1. The molecule has 0 spiro atoms. The Bertz CT molecular complexity index is 2210. The Morgan fingerprint density at radius 1 is 1.02 bits per heavy atom. The summed E-state index contributed by atoms with van der Waals surface area (Å²) in [7, 11) is 1.31. The predicted molar refractivity (Wildman–Crippen MR) is 209 cm³/mol. The van der Waals surface area contributed by atoms with Crippen molar-refractivity contribution in [2.24, 2.45) is 11.5 Å². The van der Waals surface area contributed by atoms with Crippen molar-refractivity contribution in [3.05, 3.63) is 81.4 Å². The summed E-state index contributed by atoms with van der Waals surface area (Å²) in [4.78, 5) is 76.7. The maximum Gasteiger partial charge on any atom is 0.407 e. The number of phenolic OH excluding ortho intramolecular Hbond substituents is 2. The normalized spacial score (nSPS) is 23.6. The van der Waals surface area contributed by atoms with E-state index in [0.29, 0.717) is 24.1 Å². The van der Waals surface area contributed by atoms with Gasteiger partial charge in [-0.25, -0.2) is 9.59 Å². The van der Waals surface area contributed by atoms with Crippen LogP contribution in [0.5, 0.6) is 17.2 Å². The highest BCUT2D eigenvalue weighted by molar-refractivity contribution is 6.31. The first kappa shape index (κ1) is 43.5. The summed E-state index contributed by atoms with van der Waals surface area (Å²) >= 11 is 0. The molecular formula is C41H47N5O14. The number of phenols is 2. The van der Waals surface area contributed by atoms with Crippen LogP contribution in [0.3, 0.4) is 0 Å². The summed E-state index contributed by atoms with van der Waals surface area (Å²) in [6, 6.07) is 8.26. The molecule has 2 aliphatic carbocycles. The molecule has 1 saturated heterocycles. The molecule has 0 bridgehead atoms. The highest BCUT2D eigenvalue weighted by atomic mass is 16.7. The molecule has 19 nitrogen and oxygen atoms in total. The Morgan fingerprint density at radius 2 is 1.72 bits per heavy atom. The lowest BCUT2D eigenvalue weighted by molar-refractivity contribution is -0.249. The number of carbonyl (C=O) groups is 6. The maximum absolute atomic E-state index is 13.9. The Morgan fingerprint density at radius 3 is 2.38 bits per heavy atom. The molecule has 0 aromatic heterocycles. The van der Waals surface area contributed by atoms with Crippen molar-refractivity contribution in [1.29, 1.82) is 0 Å². The highest BCUT2D eigenvalue weighted by Crippen LogP contribution is 2.52. The van der Waals surface area contributed by atoms with Crippen LogP contribution in [0.15, 0.2) is 42.5 Å². The molecule has 7 atom stereocenters. The van der Waals surface area contributed by atoms with Crippen LogP contribution in [-0.4, -0.2) is 106 Å². The van der Waals surface area contributed by atoms with Crippen molar-refractivity contribution >= 4 is 41.1 Å². The average Bonchev–Trinajstić information content (AvgIpc) is 3.20. The lowest BCUT2D eigenvalue weighted by Crippen LogP contribution is -2.55. The second-order valence-corrected chi connectivity index (χ2v) is 15.0. The molecule has 4 amide bonds. The van der Waals surface area contributed by atoms with Crippen molar-refractivity contribution < 1.29 is 68.1 Å². The fraction of sp³-hybridized carbons (Fsp3) is 0.415. The van der Waals surface area contributed by atoms with Crippen LogP contribution in [0, 0.1) is 0 Å². The van der Waals surface area contributed by atoms with E-state index in [1.54, 1.807) is 24.3 Å². The highest BCUT2D eigenvalue weighted by Gasteiger charge is 2.49. The quantitative estimate of drug-likeness (QED) is 0.0684. The molecule has 60 heavy (non-hydrogen) atoms. The number of hydrogen-bond donors (Lipinski definition) is 9. The molecule has 6 rings (SSSR count). The van der Waals surface area contributed by atoms with Crippen LogP contribution in [0.1, 0.15) is 94.2 Å². The van der Waals surface area contributed by atoms with E-state index in [9.17, 15) is 49.2 Å². The molecule has 19 heteroatoms. The fourth-order valence-corrected chi connectivity index (χ4v) is 7.69. The van der Waals surface area contributed by atoms with Crippen LogP contribution in [0.25, 0.3) is 0 Å². The van der Waals surface area contributed by atoms with Gasteiger partial charge >= 0.3 is 12.1 Å². The van der Waals surface area contributed by atoms with E-state index >= 15 is 0 Å². The monoisotopic (exact) mass is 833 g/mol. The van der Waals surface area contributed by atoms with Gasteiger partial charge in [-0.15, -0.1) is 0 Å². The minimum atomic E-state index is -2.14. The molecule has 11 N–H and O–H groups in total. The lowest BCUT2D eigenvalue weighted by Gasteiger charge is -2.42. The van der Waals surface area contributed by atoms with Gasteiger partial charge in [-0.05, 0) is 50.5 Å². The number of urea groups is 1. The van der Waals surface area contributed by atoms with Crippen molar-refractivity contribution in [2.45, 2.75) is 94.8 Å². The molecule has 3 aromatic carbocycles. The molecule has 0 radical (unpaired) electrons. The van der Waals surface area contributed by atoms with Crippen molar-refractivity contribution in [3.63, 3.8) is 0 Å². The molecular weight excluding hydrogens is 786 g/mol. The van der Waals surface area contributed by atoms with Crippen LogP contribution in [-0.2, 0) is 36.8 Å². The summed E-state index contributed by atoms with van der Waals surface area (Å²) in [5, 5.41) is 53.6. The summed E-state index contributed by atoms with van der Waals surface area (Å²) in [5.41, 5.74) is 8.31. The number of aliphatic hydroxyl groups is 2. The number of rotatable bonds is 13. The third-order valence-electron chi connectivity index (χ3n) is 11.0. The number of carbonyl (C=O) groups excluding carboxylic acids is 6. The molecule has 3 aliphatic rings. The van der Waals surface area contributed by atoms with Crippen LogP contribution in [0.4, 0.5) is 15.3 Å². The zero-order chi connectivity index (χ0) is 43.6.